The van der Waals surface area contributed by atoms with E-state index in [9.17, 15) is 4.79 Å². The molecule has 1 aromatic heterocycles. The van der Waals surface area contributed by atoms with E-state index in [1.807, 2.05) is 12.1 Å². The SMILES string of the molecule is O=C(/C=C/c1cccnc1)NCC[C@@H]1[C@H]2CN(C(c3ccccc3)c3ccccc3)C[C@@H]12. The Labute approximate surface area is 190 Å². The van der Waals surface area contributed by atoms with E-state index in [-0.39, 0.29) is 5.91 Å². The summed E-state index contributed by atoms with van der Waals surface area (Å²) in [5, 5.41) is 3.04. The first-order valence-electron chi connectivity index (χ1n) is 11.5. The first kappa shape index (κ1) is 20.7. The van der Waals surface area contributed by atoms with Crippen molar-refractivity contribution in [3.8, 4) is 0 Å². The molecule has 4 nitrogen and oxygen atoms in total. The molecule has 1 saturated heterocycles. The highest BCUT2D eigenvalue weighted by Crippen LogP contribution is 2.55. The number of benzene rings is 2. The van der Waals surface area contributed by atoms with Crippen LogP contribution in [0.2, 0.25) is 0 Å². The van der Waals surface area contributed by atoms with E-state index in [1.165, 1.54) is 11.1 Å². The van der Waals surface area contributed by atoms with Gasteiger partial charge in [-0.15, -0.1) is 0 Å². The Bertz CT molecular complexity index is 1000. The third-order valence-electron chi connectivity index (χ3n) is 6.88. The summed E-state index contributed by atoms with van der Waals surface area (Å²) in [7, 11) is 0. The number of carbonyl (C=O) groups is 1. The Kier molecular flexibility index (Phi) is 6.13. The zero-order chi connectivity index (χ0) is 21.8. The normalized spacial score (nSPS) is 22.2. The number of nitrogens with one attached hydrogen (secondary N) is 1. The zero-order valence-electron chi connectivity index (χ0n) is 18.2. The maximum atomic E-state index is 12.1. The standard InChI is InChI=1S/C28H29N3O/c32-27(14-13-21-8-7-16-29-18-21)30-17-15-24-25-19-31(20-26(24)25)28(22-9-3-1-4-10-22)23-11-5-2-6-12-23/h1-14,16,18,24-26,28H,15,17,19-20H2,(H,30,32)/b14-13+/t24-,25-,26+. The van der Waals surface area contributed by atoms with Crippen molar-refractivity contribution >= 4 is 12.0 Å². The van der Waals surface area contributed by atoms with Crippen LogP contribution in [-0.2, 0) is 4.79 Å². The number of carbonyl (C=O) groups excluding carboxylic acids is 1. The molecule has 3 aromatic rings. The van der Waals surface area contributed by atoms with Crippen molar-refractivity contribution < 1.29 is 4.79 Å². The molecule has 0 unspecified atom stereocenters. The largest absolute Gasteiger partial charge is 0.353 e. The summed E-state index contributed by atoms with van der Waals surface area (Å²) in [6, 6.07) is 25.8. The minimum Gasteiger partial charge on any atom is -0.353 e. The Morgan fingerprint density at radius 2 is 1.62 bits per heavy atom. The molecule has 2 aromatic carbocycles. The van der Waals surface area contributed by atoms with E-state index in [4.69, 9.17) is 0 Å². The molecule has 162 valence electrons. The lowest BCUT2D eigenvalue weighted by atomic mass is 9.96. The lowest BCUT2D eigenvalue weighted by Crippen LogP contribution is -2.31. The van der Waals surface area contributed by atoms with Crippen LogP contribution in [-0.4, -0.2) is 35.4 Å². The third kappa shape index (κ3) is 4.66. The molecule has 2 aliphatic rings. The van der Waals surface area contributed by atoms with E-state index in [1.54, 1.807) is 24.5 Å². The van der Waals surface area contributed by atoms with Crippen LogP contribution in [0.4, 0.5) is 0 Å². The lowest BCUT2D eigenvalue weighted by Gasteiger charge is -2.31. The molecule has 0 radical (unpaired) electrons. The Balaban J connectivity index is 1.13. The summed E-state index contributed by atoms with van der Waals surface area (Å²) < 4.78 is 0. The van der Waals surface area contributed by atoms with Gasteiger partial charge in [-0.2, -0.15) is 0 Å². The lowest BCUT2D eigenvalue weighted by molar-refractivity contribution is -0.116. The molecule has 3 atom stereocenters. The number of rotatable bonds is 8. The van der Waals surface area contributed by atoms with Gasteiger partial charge in [-0.25, -0.2) is 0 Å². The quantitative estimate of drug-likeness (QED) is 0.540. The first-order valence-corrected chi connectivity index (χ1v) is 11.5. The number of fused-ring (bicyclic) bond motifs is 1. The number of hydrogen-bond acceptors (Lipinski definition) is 3. The molecule has 32 heavy (non-hydrogen) atoms. The monoisotopic (exact) mass is 423 g/mol. The molecule has 1 amide bonds. The number of likely N-dealkylation sites (tertiary alicyclic amines) is 1. The Hall–Kier alpha value is -3.24. The van der Waals surface area contributed by atoms with Crippen LogP contribution < -0.4 is 5.32 Å². The van der Waals surface area contributed by atoms with E-state index in [0.717, 1.165) is 49.4 Å². The van der Waals surface area contributed by atoms with Gasteiger partial charge in [0.1, 0.15) is 0 Å². The second-order valence-electron chi connectivity index (χ2n) is 8.87. The van der Waals surface area contributed by atoms with Crippen LogP contribution in [0.3, 0.4) is 0 Å². The molecule has 1 N–H and O–H groups in total. The maximum absolute atomic E-state index is 12.1. The Morgan fingerprint density at radius 3 is 2.22 bits per heavy atom. The molecule has 2 heterocycles. The second-order valence-corrected chi connectivity index (χ2v) is 8.87. The van der Waals surface area contributed by atoms with Gasteiger partial charge in [0.25, 0.3) is 0 Å². The summed E-state index contributed by atoms with van der Waals surface area (Å²) >= 11 is 0. The van der Waals surface area contributed by atoms with Crippen LogP contribution in [0.25, 0.3) is 6.08 Å². The van der Waals surface area contributed by atoms with Gasteiger partial charge in [-0.1, -0.05) is 66.7 Å². The maximum Gasteiger partial charge on any atom is 0.244 e. The molecule has 4 heteroatoms. The van der Waals surface area contributed by atoms with Gasteiger partial charge >= 0.3 is 0 Å². The predicted octanol–water partition coefficient (Wildman–Crippen LogP) is 4.57. The van der Waals surface area contributed by atoms with Crippen molar-refractivity contribution in [2.24, 2.45) is 17.8 Å². The molecule has 1 aliphatic carbocycles. The summed E-state index contributed by atoms with van der Waals surface area (Å²) in [4.78, 5) is 18.8. The third-order valence-corrected chi connectivity index (χ3v) is 6.88. The molecule has 5 rings (SSSR count). The van der Waals surface area contributed by atoms with Crippen molar-refractivity contribution in [1.29, 1.82) is 0 Å². The van der Waals surface area contributed by atoms with Crippen LogP contribution in [0.5, 0.6) is 0 Å². The highest BCUT2D eigenvalue weighted by Gasteiger charge is 2.55. The number of aromatic nitrogens is 1. The van der Waals surface area contributed by atoms with Crippen molar-refractivity contribution in [3.63, 3.8) is 0 Å². The zero-order valence-corrected chi connectivity index (χ0v) is 18.2. The molecule has 0 bridgehead atoms. The number of nitrogens with zero attached hydrogens (tertiary/aromatic N) is 2. The van der Waals surface area contributed by atoms with Crippen LogP contribution >= 0.6 is 0 Å². The van der Waals surface area contributed by atoms with E-state index in [2.05, 4.69) is 75.9 Å². The van der Waals surface area contributed by atoms with Gasteiger partial charge in [0, 0.05) is 38.1 Å². The summed E-state index contributed by atoms with van der Waals surface area (Å²) in [5.41, 5.74) is 3.67. The molecule has 1 saturated carbocycles. The van der Waals surface area contributed by atoms with Crippen molar-refractivity contribution in [3.05, 3.63) is 108 Å². The molecule has 0 spiro atoms. The summed E-state index contributed by atoms with van der Waals surface area (Å²) in [5.74, 6) is 2.22. The minimum absolute atomic E-state index is 0.0329. The average Bonchev–Trinajstić information content (AvgIpc) is 3.29. The van der Waals surface area contributed by atoms with Gasteiger partial charge < -0.3 is 5.32 Å². The molecular formula is C28H29N3O. The van der Waals surface area contributed by atoms with Gasteiger partial charge in [-0.3, -0.25) is 14.7 Å². The van der Waals surface area contributed by atoms with E-state index in [0.29, 0.717) is 6.04 Å². The molecule has 1 aliphatic heterocycles. The number of piperidine rings is 1. The fourth-order valence-electron chi connectivity index (χ4n) is 5.27. The second kappa shape index (κ2) is 9.49. The first-order chi connectivity index (χ1) is 15.8. The fraction of sp³-hybridized carbons (Fsp3) is 0.286. The van der Waals surface area contributed by atoms with Crippen LogP contribution in [0.1, 0.15) is 29.2 Å². The van der Waals surface area contributed by atoms with Crippen molar-refractivity contribution in [2.75, 3.05) is 19.6 Å². The average molecular weight is 424 g/mol. The smallest absolute Gasteiger partial charge is 0.244 e. The minimum atomic E-state index is -0.0329. The van der Waals surface area contributed by atoms with Crippen molar-refractivity contribution in [1.82, 2.24) is 15.2 Å². The number of amides is 1. The van der Waals surface area contributed by atoms with Crippen molar-refractivity contribution in [2.45, 2.75) is 12.5 Å². The van der Waals surface area contributed by atoms with Gasteiger partial charge in [0.05, 0.1) is 6.04 Å². The van der Waals surface area contributed by atoms with Gasteiger partial charge in [0.2, 0.25) is 5.91 Å². The Morgan fingerprint density at radius 1 is 0.969 bits per heavy atom. The summed E-state index contributed by atoms with van der Waals surface area (Å²) in [6.07, 6.45) is 7.94. The topological polar surface area (TPSA) is 45.2 Å². The highest BCUT2D eigenvalue weighted by atomic mass is 16.1. The fourth-order valence-corrected chi connectivity index (χ4v) is 5.27. The molecular weight excluding hydrogens is 394 g/mol. The van der Waals surface area contributed by atoms with Gasteiger partial charge in [-0.05, 0) is 53.0 Å². The predicted molar refractivity (Wildman–Crippen MR) is 128 cm³/mol. The number of pyridine rings is 1. The van der Waals surface area contributed by atoms with E-state index >= 15 is 0 Å². The molecule has 2 fully saturated rings. The van der Waals surface area contributed by atoms with Crippen LogP contribution in [0.15, 0.2) is 91.3 Å². The van der Waals surface area contributed by atoms with Crippen LogP contribution in [0, 0.1) is 17.8 Å². The number of hydrogen-bond donors (Lipinski definition) is 1. The van der Waals surface area contributed by atoms with E-state index < -0.39 is 0 Å². The summed E-state index contributed by atoms with van der Waals surface area (Å²) in [6.45, 7) is 3.02. The highest BCUT2D eigenvalue weighted by molar-refractivity contribution is 5.91. The van der Waals surface area contributed by atoms with Gasteiger partial charge in [0.15, 0.2) is 0 Å².